The SMILES string of the molecule is CCOc1ccc(-c2ccc(N3CCN(C(=O)c4ccc([N+](=O)[O-])c(C)c4)CC3)nn2)cc1. The van der Waals surface area contributed by atoms with Gasteiger partial charge in [-0.15, -0.1) is 10.2 Å². The Balaban J connectivity index is 1.37. The minimum atomic E-state index is -0.440. The molecule has 0 unspecified atom stereocenters. The predicted octanol–water partition coefficient (Wildman–Crippen LogP) is 3.72. The maximum Gasteiger partial charge on any atom is 0.272 e. The van der Waals surface area contributed by atoms with E-state index in [1.807, 2.05) is 43.3 Å². The van der Waals surface area contributed by atoms with Crippen LogP contribution < -0.4 is 9.64 Å². The molecule has 3 aromatic rings. The molecular weight excluding hydrogens is 422 g/mol. The molecule has 1 saturated heterocycles. The van der Waals surface area contributed by atoms with Crippen LogP contribution >= 0.6 is 0 Å². The molecule has 0 aliphatic carbocycles. The average Bonchev–Trinajstić information content (AvgIpc) is 2.84. The number of hydrogen-bond acceptors (Lipinski definition) is 7. The molecule has 1 fully saturated rings. The van der Waals surface area contributed by atoms with Crippen molar-refractivity contribution in [2.24, 2.45) is 0 Å². The molecular formula is C24H25N5O4. The molecule has 9 heteroatoms. The van der Waals surface area contributed by atoms with Crippen LogP contribution in [0.5, 0.6) is 5.75 Å². The summed E-state index contributed by atoms with van der Waals surface area (Å²) in [6.45, 7) is 6.56. The molecule has 9 nitrogen and oxygen atoms in total. The second kappa shape index (κ2) is 9.64. The summed E-state index contributed by atoms with van der Waals surface area (Å²) in [7, 11) is 0. The number of carbonyl (C=O) groups is 1. The Morgan fingerprint density at radius 1 is 1.03 bits per heavy atom. The number of carbonyl (C=O) groups excluding carboxylic acids is 1. The van der Waals surface area contributed by atoms with Crippen molar-refractivity contribution in [2.75, 3.05) is 37.7 Å². The van der Waals surface area contributed by atoms with E-state index in [0.29, 0.717) is 43.9 Å². The van der Waals surface area contributed by atoms with Crippen LogP contribution in [0.3, 0.4) is 0 Å². The summed E-state index contributed by atoms with van der Waals surface area (Å²) >= 11 is 0. The molecule has 0 N–H and O–H groups in total. The molecule has 33 heavy (non-hydrogen) atoms. The van der Waals surface area contributed by atoms with Crippen LogP contribution in [0.1, 0.15) is 22.8 Å². The summed E-state index contributed by atoms with van der Waals surface area (Å²) in [5, 5.41) is 19.7. The minimum absolute atomic E-state index is 0.0172. The van der Waals surface area contributed by atoms with Gasteiger partial charge in [-0.05, 0) is 62.4 Å². The minimum Gasteiger partial charge on any atom is -0.494 e. The lowest BCUT2D eigenvalue weighted by atomic mass is 10.1. The number of benzene rings is 2. The third-order valence-electron chi connectivity index (χ3n) is 5.64. The molecule has 4 rings (SSSR count). The number of anilines is 1. The highest BCUT2D eigenvalue weighted by atomic mass is 16.6. The third-order valence-corrected chi connectivity index (χ3v) is 5.64. The zero-order chi connectivity index (χ0) is 23.4. The molecule has 2 aromatic carbocycles. The number of aryl methyl sites for hydroxylation is 1. The van der Waals surface area contributed by atoms with E-state index in [4.69, 9.17) is 4.74 Å². The van der Waals surface area contributed by atoms with Crippen molar-refractivity contribution in [3.05, 3.63) is 75.8 Å². The summed E-state index contributed by atoms with van der Waals surface area (Å²) in [5.41, 5.74) is 2.71. The Morgan fingerprint density at radius 2 is 1.76 bits per heavy atom. The van der Waals surface area contributed by atoms with Gasteiger partial charge in [0.2, 0.25) is 0 Å². The summed E-state index contributed by atoms with van der Waals surface area (Å²) in [4.78, 5) is 27.3. The van der Waals surface area contributed by atoms with Gasteiger partial charge in [0.1, 0.15) is 5.75 Å². The average molecular weight is 447 g/mol. The van der Waals surface area contributed by atoms with Gasteiger partial charge in [0, 0.05) is 48.9 Å². The lowest BCUT2D eigenvalue weighted by molar-refractivity contribution is -0.385. The van der Waals surface area contributed by atoms with E-state index in [1.54, 1.807) is 17.9 Å². The second-order valence-electron chi connectivity index (χ2n) is 7.77. The first-order chi connectivity index (χ1) is 16.0. The smallest absolute Gasteiger partial charge is 0.272 e. The lowest BCUT2D eigenvalue weighted by Gasteiger charge is -2.35. The fraction of sp³-hybridized carbons (Fsp3) is 0.292. The second-order valence-corrected chi connectivity index (χ2v) is 7.77. The van der Waals surface area contributed by atoms with Gasteiger partial charge in [-0.25, -0.2) is 0 Å². The van der Waals surface area contributed by atoms with Crippen molar-refractivity contribution in [3.8, 4) is 17.0 Å². The molecule has 0 saturated carbocycles. The number of hydrogen-bond donors (Lipinski definition) is 0. The maximum absolute atomic E-state index is 12.8. The van der Waals surface area contributed by atoms with Gasteiger partial charge in [0.15, 0.2) is 5.82 Å². The highest BCUT2D eigenvalue weighted by Crippen LogP contribution is 2.23. The Kier molecular flexibility index (Phi) is 6.48. The van der Waals surface area contributed by atoms with E-state index in [0.717, 1.165) is 22.8 Å². The van der Waals surface area contributed by atoms with Crippen molar-refractivity contribution in [1.29, 1.82) is 0 Å². The van der Waals surface area contributed by atoms with Crippen molar-refractivity contribution in [1.82, 2.24) is 15.1 Å². The fourth-order valence-corrected chi connectivity index (χ4v) is 3.85. The summed E-state index contributed by atoms with van der Waals surface area (Å²) < 4.78 is 5.47. The van der Waals surface area contributed by atoms with E-state index in [-0.39, 0.29) is 11.6 Å². The molecule has 1 aromatic heterocycles. The van der Waals surface area contributed by atoms with Crippen LogP contribution in [0.2, 0.25) is 0 Å². The molecule has 1 aliphatic heterocycles. The van der Waals surface area contributed by atoms with E-state index in [2.05, 4.69) is 15.1 Å². The Morgan fingerprint density at radius 3 is 2.33 bits per heavy atom. The Bertz CT molecular complexity index is 1140. The van der Waals surface area contributed by atoms with Gasteiger partial charge in [-0.1, -0.05) is 0 Å². The van der Waals surface area contributed by atoms with Crippen LogP contribution in [0.15, 0.2) is 54.6 Å². The summed E-state index contributed by atoms with van der Waals surface area (Å²) in [6, 6.07) is 16.1. The van der Waals surface area contributed by atoms with Crippen molar-refractivity contribution >= 4 is 17.4 Å². The standard InChI is InChI=1S/C24H25N5O4/c1-3-33-20-7-4-18(5-8-20)21-9-11-23(26-25-21)27-12-14-28(15-13-27)24(30)19-6-10-22(29(31)32)17(2)16-19/h4-11,16H,3,12-15H2,1-2H3. The Labute approximate surface area is 191 Å². The number of rotatable bonds is 6. The number of nitro benzene ring substituents is 1. The van der Waals surface area contributed by atoms with Crippen molar-refractivity contribution in [2.45, 2.75) is 13.8 Å². The largest absolute Gasteiger partial charge is 0.494 e. The third kappa shape index (κ3) is 4.92. The monoisotopic (exact) mass is 447 g/mol. The van der Waals surface area contributed by atoms with Crippen LogP contribution in [0, 0.1) is 17.0 Å². The first kappa shape index (κ1) is 22.2. The van der Waals surface area contributed by atoms with Crippen LogP contribution in [-0.4, -0.2) is 58.7 Å². The normalized spacial score (nSPS) is 13.6. The van der Waals surface area contributed by atoms with Gasteiger partial charge in [0.05, 0.1) is 17.2 Å². The van der Waals surface area contributed by atoms with Gasteiger partial charge in [-0.3, -0.25) is 14.9 Å². The molecule has 1 amide bonds. The zero-order valence-corrected chi connectivity index (χ0v) is 18.6. The molecule has 0 radical (unpaired) electrons. The molecule has 0 spiro atoms. The van der Waals surface area contributed by atoms with Gasteiger partial charge in [-0.2, -0.15) is 0 Å². The molecule has 1 aliphatic rings. The first-order valence-electron chi connectivity index (χ1n) is 10.8. The highest BCUT2D eigenvalue weighted by Gasteiger charge is 2.24. The number of piperazine rings is 1. The first-order valence-corrected chi connectivity index (χ1v) is 10.8. The lowest BCUT2D eigenvalue weighted by Crippen LogP contribution is -2.49. The van der Waals surface area contributed by atoms with E-state index in [9.17, 15) is 14.9 Å². The van der Waals surface area contributed by atoms with Crippen LogP contribution in [0.4, 0.5) is 11.5 Å². The van der Waals surface area contributed by atoms with Crippen LogP contribution in [0.25, 0.3) is 11.3 Å². The number of ether oxygens (including phenoxy) is 1. The molecule has 170 valence electrons. The van der Waals surface area contributed by atoms with E-state index >= 15 is 0 Å². The number of aromatic nitrogens is 2. The molecule has 0 bridgehead atoms. The topological polar surface area (TPSA) is 102 Å². The Hall–Kier alpha value is -4.01. The van der Waals surface area contributed by atoms with Crippen molar-refractivity contribution in [3.63, 3.8) is 0 Å². The number of nitrogens with zero attached hydrogens (tertiary/aromatic N) is 5. The molecule has 2 heterocycles. The predicted molar refractivity (Wildman–Crippen MR) is 125 cm³/mol. The summed E-state index contributed by atoms with van der Waals surface area (Å²) in [6.07, 6.45) is 0. The quantitative estimate of drug-likeness (QED) is 0.419. The summed E-state index contributed by atoms with van der Waals surface area (Å²) in [5.74, 6) is 1.47. The maximum atomic E-state index is 12.8. The molecule has 0 atom stereocenters. The fourth-order valence-electron chi connectivity index (χ4n) is 3.85. The van der Waals surface area contributed by atoms with Crippen LogP contribution in [-0.2, 0) is 0 Å². The number of amides is 1. The van der Waals surface area contributed by atoms with E-state index in [1.165, 1.54) is 12.1 Å². The van der Waals surface area contributed by atoms with Crippen molar-refractivity contribution < 1.29 is 14.5 Å². The zero-order valence-electron chi connectivity index (χ0n) is 18.6. The number of nitro groups is 1. The van der Waals surface area contributed by atoms with Gasteiger partial charge < -0.3 is 14.5 Å². The van der Waals surface area contributed by atoms with E-state index < -0.39 is 4.92 Å². The van der Waals surface area contributed by atoms with Gasteiger partial charge >= 0.3 is 0 Å². The highest BCUT2D eigenvalue weighted by molar-refractivity contribution is 5.95. The van der Waals surface area contributed by atoms with Gasteiger partial charge in [0.25, 0.3) is 11.6 Å².